The fourth-order valence-electron chi connectivity index (χ4n) is 4.30. The number of hydrogen-bond donors (Lipinski definition) is 0. The topological polar surface area (TPSA) is 3.88 Å². The monoisotopic (exact) mass is 369 g/mol. The zero-order chi connectivity index (χ0) is 21.1. The van der Waals surface area contributed by atoms with Crippen LogP contribution in [0.15, 0.2) is 54.6 Å². The van der Waals surface area contributed by atoms with Crippen LogP contribution < -0.4 is 4.57 Å². The number of rotatable bonds is 1. The van der Waals surface area contributed by atoms with Crippen molar-refractivity contribution in [2.24, 2.45) is 7.05 Å². The molecule has 0 aliphatic rings. The number of nitrogens with zero attached hydrogens (tertiary/aromatic N) is 1. The minimum Gasteiger partial charge on any atom is -0.198 e. The van der Waals surface area contributed by atoms with Crippen molar-refractivity contribution in [1.82, 2.24) is 0 Å². The molecule has 0 unspecified atom stereocenters. The molecule has 1 aromatic heterocycles. The summed E-state index contributed by atoms with van der Waals surface area (Å²) in [4.78, 5) is 0. The SMILES string of the molecule is [2H]c1c(C)[n+](C)c(-c2cc(C(C)(C)C)c3ccccc3c2C)c2cc(C)ccc12. The number of fused-ring (bicyclic) bond motifs is 2. The number of aryl methyl sites for hydroxylation is 2. The van der Waals surface area contributed by atoms with Crippen LogP contribution in [0, 0.1) is 20.8 Å². The number of benzene rings is 3. The first-order chi connectivity index (χ1) is 13.6. The van der Waals surface area contributed by atoms with Gasteiger partial charge in [-0.25, -0.2) is 0 Å². The first-order valence-corrected chi connectivity index (χ1v) is 10.0. The molecule has 4 rings (SSSR count). The maximum absolute atomic E-state index is 8.66. The van der Waals surface area contributed by atoms with Crippen molar-refractivity contribution in [1.29, 1.82) is 0 Å². The van der Waals surface area contributed by atoms with Crippen LogP contribution in [0.3, 0.4) is 0 Å². The van der Waals surface area contributed by atoms with Crippen LogP contribution in [0.1, 0.15) is 44.5 Å². The molecule has 0 aliphatic carbocycles. The van der Waals surface area contributed by atoms with E-state index in [4.69, 9.17) is 1.37 Å². The molecule has 0 atom stereocenters. The van der Waals surface area contributed by atoms with E-state index in [-0.39, 0.29) is 5.41 Å². The maximum Gasteiger partial charge on any atom is 0.220 e. The molecular weight excluding hydrogens is 338 g/mol. The van der Waals surface area contributed by atoms with E-state index >= 15 is 0 Å². The van der Waals surface area contributed by atoms with E-state index in [0.29, 0.717) is 6.04 Å². The third-order valence-corrected chi connectivity index (χ3v) is 5.96. The van der Waals surface area contributed by atoms with Crippen LogP contribution in [-0.4, -0.2) is 0 Å². The highest BCUT2D eigenvalue weighted by Crippen LogP contribution is 2.39. The maximum atomic E-state index is 8.66. The summed E-state index contributed by atoms with van der Waals surface area (Å²) >= 11 is 0. The Morgan fingerprint density at radius 1 is 0.857 bits per heavy atom. The summed E-state index contributed by atoms with van der Waals surface area (Å²) in [6.07, 6.45) is 0. The predicted octanol–water partition coefficient (Wildman–Crippen LogP) is 6.71. The first kappa shape index (κ1) is 17.4. The molecule has 4 aromatic rings. The van der Waals surface area contributed by atoms with Crippen LogP contribution in [0.25, 0.3) is 32.8 Å². The predicted molar refractivity (Wildman–Crippen MR) is 121 cm³/mol. The highest BCUT2D eigenvalue weighted by Gasteiger charge is 2.25. The lowest BCUT2D eigenvalue weighted by molar-refractivity contribution is -0.665. The van der Waals surface area contributed by atoms with Gasteiger partial charge in [0.05, 0.1) is 12.3 Å². The smallest absolute Gasteiger partial charge is 0.198 e. The molecule has 142 valence electrons. The van der Waals surface area contributed by atoms with Gasteiger partial charge in [0.1, 0.15) is 7.05 Å². The third-order valence-electron chi connectivity index (χ3n) is 5.96. The summed E-state index contributed by atoms with van der Waals surface area (Å²) in [6, 6.07) is 18.2. The molecule has 0 N–H and O–H groups in total. The lowest BCUT2D eigenvalue weighted by atomic mass is 9.80. The van der Waals surface area contributed by atoms with E-state index in [1.165, 1.54) is 38.7 Å². The molecule has 0 spiro atoms. The molecule has 0 bridgehead atoms. The molecule has 1 heteroatoms. The van der Waals surface area contributed by atoms with E-state index in [2.05, 4.69) is 94.8 Å². The van der Waals surface area contributed by atoms with Gasteiger partial charge in [-0.05, 0) is 58.7 Å². The second-order valence-corrected chi connectivity index (χ2v) is 9.06. The minimum atomic E-state index is 0.0384. The van der Waals surface area contributed by atoms with E-state index < -0.39 is 0 Å². The Morgan fingerprint density at radius 3 is 2.21 bits per heavy atom. The summed E-state index contributed by atoms with van der Waals surface area (Å²) in [5.41, 5.74) is 7.36. The van der Waals surface area contributed by atoms with Gasteiger partial charge in [0.2, 0.25) is 5.69 Å². The summed E-state index contributed by atoms with van der Waals surface area (Å²) in [5.74, 6) is 0. The van der Waals surface area contributed by atoms with Crippen molar-refractivity contribution in [2.45, 2.75) is 47.0 Å². The van der Waals surface area contributed by atoms with Gasteiger partial charge in [-0.1, -0.05) is 62.7 Å². The van der Waals surface area contributed by atoms with Crippen LogP contribution in [-0.2, 0) is 12.5 Å². The van der Waals surface area contributed by atoms with Gasteiger partial charge in [-0.15, -0.1) is 0 Å². The van der Waals surface area contributed by atoms with Gasteiger partial charge in [0, 0.05) is 13.0 Å². The zero-order valence-corrected chi connectivity index (χ0v) is 18.1. The van der Waals surface area contributed by atoms with E-state index in [1.54, 1.807) is 0 Å². The number of aromatic nitrogens is 1. The molecular formula is C27H30N+. The molecule has 1 heterocycles. The quantitative estimate of drug-likeness (QED) is 0.328. The average molecular weight is 370 g/mol. The van der Waals surface area contributed by atoms with Crippen LogP contribution >= 0.6 is 0 Å². The molecule has 0 aliphatic heterocycles. The fraction of sp³-hybridized carbons (Fsp3) is 0.296. The second kappa shape index (κ2) is 6.44. The molecule has 0 saturated carbocycles. The average Bonchev–Trinajstić information content (AvgIpc) is 2.67. The van der Waals surface area contributed by atoms with Gasteiger partial charge in [-0.3, -0.25) is 0 Å². The summed E-state index contributed by atoms with van der Waals surface area (Å²) in [7, 11) is 2.09. The normalized spacial score (nSPS) is 12.6. The Labute approximate surface area is 170 Å². The van der Waals surface area contributed by atoms with Gasteiger partial charge in [0.25, 0.3) is 0 Å². The molecule has 0 radical (unpaired) electrons. The number of pyridine rings is 1. The van der Waals surface area contributed by atoms with E-state index in [0.717, 1.165) is 16.5 Å². The van der Waals surface area contributed by atoms with Crippen LogP contribution in [0.5, 0.6) is 0 Å². The van der Waals surface area contributed by atoms with Crippen LogP contribution in [0.4, 0.5) is 0 Å². The van der Waals surface area contributed by atoms with Gasteiger partial charge < -0.3 is 0 Å². The highest BCUT2D eigenvalue weighted by atomic mass is 14.9. The lowest BCUT2D eigenvalue weighted by Gasteiger charge is -2.24. The largest absolute Gasteiger partial charge is 0.220 e. The molecule has 0 fully saturated rings. The van der Waals surface area contributed by atoms with Crippen molar-refractivity contribution in [2.75, 3.05) is 0 Å². The number of hydrogen-bond acceptors (Lipinski definition) is 0. The van der Waals surface area contributed by atoms with E-state index in [9.17, 15) is 0 Å². The van der Waals surface area contributed by atoms with Crippen molar-refractivity contribution in [3.63, 3.8) is 0 Å². The molecule has 0 amide bonds. The van der Waals surface area contributed by atoms with Gasteiger partial charge >= 0.3 is 0 Å². The minimum absolute atomic E-state index is 0.0384. The molecule has 28 heavy (non-hydrogen) atoms. The van der Waals surface area contributed by atoms with E-state index in [1.807, 2.05) is 6.92 Å². The second-order valence-electron chi connectivity index (χ2n) is 9.06. The Kier molecular flexibility index (Phi) is 4.01. The Morgan fingerprint density at radius 2 is 1.54 bits per heavy atom. The van der Waals surface area contributed by atoms with Crippen molar-refractivity contribution in [3.8, 4) is 11.3 Å². The molecule has 1 nitrogen and oxygen atoms in total. The zero-order valence-electron chi connectivity index (χ0n) is 19.1. The summed E-state index contributed by atoms with van der Waals surface area (Å²) in [5, 5.41) is 4.81. The molecule has 3 aromatic carbocycles. The summed E-state index contributed by atoms with van der Waals surface area (Å²) in [6.45, 7) is 13.3. The molecule has 0 saturated heterocycles. The Balaban J connectivity index is 2.23. The van der Waals surface area contributed by atoms with Gasteiger partial charge in [-0.2, -0.15) is 4.57 Å². The lowest BCUT2D eigenvalue weighted by Crippen LogP contribution is -2.35. The Hall–Kier alpha value is -2.67. The third kappa shape index (κ3) is 2.90. The standard InChI is InChI=1S/C27H30N/c1-17-12-13-20-15-18(2)28(7)26(24(20)14-17)23-16-25(27(4,5)6)22-11-9-8-10-21(22)19(23)3/h8-16H,1-7H3/q+1/i15D. The fourth-order valence-corrected chi connectivity index (χ4v) is 4.30. The summed E-state index contributed by atoms with van der Waals surface area (Å²) < 4.78 is 10.9. The van der Waals surface area contributed by atoms with Gasteiger partial charge in [0.15, 0.2) is 5.69 Å². The van der Waals surface area contributed by atoms with Crippen molar-refractivity contribution >= 4 is 21.5 Å². The van der Waals surface area contributed by atoms with Crippen LogP contribution in [0.2, 0.25) is 0 Å². The Bertz CT molecular complexity index is 1280. The van der Waals surface area contributed by atoms with Crippen molar-refractivity contribution < 1.29 is 5.94 Å². The first-order valence-electron chi connectivity index (χ1n) is 10.5. The highest BCUT2D eigenvalue weighted by molar-refractivity contribution is 6.00. The van der Waals surface area contributed by atoms with Crippen molar-refractivity contribution in [3.05, 3.63) is 77.0 Å².